The third-order valence-corrected chi connectivity index (χ3v) is 17.5. The molecule has 0 radical (unpaired) electrons. The van der Waals surface area contributed by atoms with E-state index in [9.17, 15) is 0 Å². The van der Waals surface area contributed by atoms with Gasteiger partial charge in [0.1, 0.15) is 6.17 Å². The molecular formula is C19H36BrFO3Si2. The molecular weight excluding hydrogens is 431 g/mol. The van der Waals surface area contributed by atoms with E-state index in [2.05, 4.69) is 77.9 Å². The summed E-state index contributed by atoms with van der Waals surface area (Å²) in [6.07, 6.45) is -1.65. The molecule has 0 unspecified atom stereocenters. The first-order chi connectivity index (χ1) is 11.9. The Hall–Kier alpha value is 0.464. The van der Waals surface area contributed by atoms with Crippen molar-refractivity contribution >= 4 is 33.1 Å². The first-order valence-electron chi connectivity index (χ1n) is 9.89. The minimum absolute atomic E-state index is 0.118. The zero-order valence-electron chi connectivity index (χ0n) is 17.5. The van der Waals surface area contributed by atoms with Crippen molar-refractivity contribution < 1.29 is 17.4 Å². The molecule has 26 heavy (non-hydrogen) atoms. The van der Waals surface area contributed by atoms with E-state index < -0.39 is 29.4 Å². The van der Waals surface area contributed by atoms with Crippen LogP contribution in [0.5, 0.6) is 0 Å². The molecule has 1 saturated heterocycles. The standard InChI is InChI=1S/C19H36BrFO3Si2/c1-11(2)25(12(3)4)22-10-16-15(9)17(20)18(21)19(16)23-26(24-25,13(5)6)14(7)8/h11-14,16-19H,9-10H2,1-8H3/t16-,17-,18+,19+/m0/s1. The van der Waals surface area contributed by atoms with Crippen LogP contribution < -0.4 is 0 Å². The second-order valence-corrected chi connectivity index (χ2v) is 18.9. The van der Waals surface area contributed by atoms with Crippen molar-refractivity contribution in [2.45, 2.75) is 94.7 Å². The van der Waals surface area contributed by atoms with Crippen molar-refractivity contribution in [1.82, 2.24) is 0 Å². The third kappa shape index (κ3) is 3.57. The topological polar surface area (TPSA) is 27.7 Å². The second kappa shape index (κ2) is 8.07. The minimum atomic E-state index is -2.73. The van der Waals surface area contributed by atoms with Gasteiger partial charge in [-0.05, 0) is 22.2 Å². The Balaban J connectivity index is 2.59. The van der Waals surface area contributed by atoms with Crippen molar-refractivity contribution in [2.24, 2.45) is 5.92 Å². The average molecular weight is 468 g/mol. The second-order valence-electron chi connectivity index (χ2n) is 9.08. The summed E-state index contributed by atoms with van der Waals surface area (Å²) < 4.78 is 35.5. The molecule has 1 saturated carbocycles. The zero-order chi connectivity index (χ0) is 20.0. The van der Waals surface area contributed by atoms with Crippen LogP contribution in [0.15, 0.2) is 12.2 Å². The van der Waals surface area contributed by atoms with Gasteiger partial charge in [-0.1, -0.05) is 83.5 Å². The molecule has 0 spiro atoms. The normalized spacial score (nSPS) is 34.5. The average Bonchev–Trinajstić information content (AvgIpc) is 2.70. The predicted octanol–water partition coefficient (Wildman–Crippen LogP) is 6.23. The summed E-state index contributed by atoms with van der Waals surface area (Å²) in [5, 5.41) is 0. The first-order valence-corrected chi connectivity index (χ1v) is 14.7. The molecule has 1 heterocycles. The fourth-order valence-electron chi connectivity index (χ4n) is 4.50. The molecule has 1 aliphatic heterocycles. The van der Waals surface area contributed by atoms with Crippen LogP contribution in [0.1, 0.15) is 55.4 Å². The summed E-state index contributed by atoms with van der Waals surface area (Å²) in [4.78, 5) is -0.376. The van der Waals surface area contributed by atoms with Crippen LogP contribution >= 0.6 is 15.9 Å². The Kier molecular flexibility index (Phi) is 7.06. The van der Waals surface area contributed by atoms with Gasteiger partial charge in [0.15, 0.2) is 0 Å². The number of rotatable bonds is 4. The van der Waals surface area contributed by atoms with E-state index >= 15 is 4.39 Å². The van der Waals surface area contributed by atoms with Crippen LogP contribution in [0.2, 0.25) is 22.2 Å². The monoisotopic (exact) mass is 466 g/mol. The van der Waals surface area contributed by atoms with Gasteiger partial charge in [-0.3, -0.25) is 0 Å². The van der Waals surface area contributed by atoms with Gasteiger partial charge < -0.3 is 13.0 Å². The Bertz CT molecular complexity index is 511. The van der Waals surface area contributed by atoms with Gasteiger partial charge in [0.25, 0.3) is 0 Å². The molecule has 0 aromatic carbocycles. The maximum absolute atomic E-state index is 15.1. The quantitative estimate of drug-likeness (QED) is 0.279. The number of halogens is 2. The van der Waals surface area contributed by atoms with Crippen molar-refractivity contribution in [3.8, 4) is 0 Å². The van der Waals surface area contributed by atoms with Gasteiger partial charge in [0.05, 0.1) is 10.9 Å². The maximum atomic E-state index is 15.1. The van der Waals surface area contributed by atoms with Gasteiger partial charge in [-0.2, -0.15) is 0 Å². The lowest BCUT2D eigenvalue weighted by Gasteiger charge is -2.51. The van der Waals surface area contributed by atoms with E-state index in [0.717, 1.165) is 5.57 Å². The van der Waals surface area contributed by atoms with Crippen LogP contribution in [0.4, 0.5) is 4.39 Å². The van der Waals surface area contributed by atoms with Gasteiger partial charge in [-0.15, -0.1) is 0 Å². The fraction of sp³-hybridized carbons (Fsp3) is 0.895. The molecule has 0 aromatic rings. The molecule has 1 aliphatic carbocycles. The van der Waals surface area contributed by atoms with E-state index in [-0.39, 0.29) is 21.8 Å². The zero-order valence-corrected chi connectivity index (χ0v) is 21.1. The number of hydrogen-bond acceptors (Lipinski definition) is 3. The summed E-state index contributed by atoms with van der Waals surface area (Å²) in [6.45, 7) is 22.0. The molecule has 0 aromatic heterocycles. The van der Waals surface area contributed by atoms with E-state index in [4.69, 9.17) is 13.0 Å². The van der Waals surface area contributed by atoms with Crippen LogP contribution in [0, 0.1) is 5.92 Å². The molecule has 3 nitrogen and oxygen atoms in total. The number of hydrogen-bond donors (Lipinski definition) is 0. The molecule has 0 bridgehead atoms. The largest absolute Gasteiger partial charge is 0.414 e. The Morgan fingerprint density at radius 1 is 0.962 bits per heavy atom. The lowest BCUT2D eigenvalue weighted by Crippen LogP contribution is -2.65. The van der Waals surface area contributed by atoms with Crippen LogP contribution in [-0.2, 0) is 13.0 Å². The molecule has 2 rings (SSSR count). The molecule has 2 aliphatic rings. The Labute approximate surface area is 169 Å². The van der Waals surface area contributed by atoms with E-state index in [1.54, 1.807) is 0 Å². The summed E-state index contributed by atoms with van der Waals surface area (Å²) in [5.74, 6) is -0.118. The molecule has 4 atom stereocenters. The SMILES string of the molecule is C=C1[C@H](Br)[C@@H](F)[C@@H]2O[Si](C(C)C)(C(C)C)O[Si](C(C)C)(C(C)C)OC[C@@H]12. The van der Waals surface area contributed by atoms with Gasteiger partial charge in [0.2, 0.25) is 0 Å². The van der Waals surface area contributed by atoms with Gasteiger partial charge in [0, 0.05) is 12.5 Å². The summed E-state index contributed by atoms with van der Waals surface area (Å²) in [6, 6.07) is 0. The summed E-state index contributed by atoms with van der Waals surface area (Å²) >= 11 is 3.48. The Morgan fingerprint density at radius 3 is 1.85 bits per heavy atom. The van der Waals surface area contributed by atoms with Crippen molar-refractivity contribution in [1.29, 1.82) is 0 Å². The number of alkyl halides is 2. The van der Waals surface area contributed by atoms with Gasteiger partial charge >= 0.3 is 17.1 Å². The van der Waals surface area contributed by atoms with Crippen LogP contribution in [0.3, 0.4) is 0 Å². The van der Waals surface area contributed by atoms with Crippen LogP contribution in [-0.4, -0.2) is 40.8 Å². The summed E-state index contributed by atoms with van der Waals surface area (Å²) in [7, 11) is -5.29. The summed E-state index contributed by atoms with van der Waals surface area (Å²) in [5.41, 5.74) is 1.87. The van der Waals surface area contributed by atoms with Crippen molar-refractivity contribution in [3.05, 3.63) is 12.2 Å². The predicted molar refractivity (Wildman–Crippen MR) is 114 cm³/mol. The molecule has 0 amide bonds. The smallest absolute Gasteiger partial charge is 0.335 e. The molecule has 2 fully saturated rings. The van der Waals surface area contributed by atoms with Gasteiger partial charge in [-0.25, -0.2) is 4.39 Å². The molecule has 152 valence electrons. The highest BCUT2D eigenvalue weighted by molar-refractivity contribution is 9.09. The third-order valence-electron chi connectivity index (χ3n) is 6.17. The van der Waals surface area contributed by atoms with Crippen molar-refractivity contribution in [2.75, 3.05) is 6.61 Å². The highest BCUT2D eigenvalue weighted by atomic mass is 79.9. The lowest BCUT2D eigenvalue weighted by molar-refractivity contribution is 0.0140. The lowest BCUT2D eigenvalue weighted by atomic mass is 10.0. The molecule has 7 heteroatoms. The highest BCUT2D eigenvalue weighted by Gasteiger charge is 2.61. The van der Waals surface area contributed by atoms with Crippen molar-refractivity contribution in [3.63, 3.8) is 0 Å². The Morgan fingerprint density at radius 2 is 1.42 bits per heavy atom. The fourth-order valence-corrected chi connectivity index (χ4v) is 16.4. The minimum Gasteiger partial charge on any atom is -0.414 e. The highest BCUT2D eigenvalue weighted by Crippen LogP contribution is 2.50. The van der Waals surface area contributed by atoms with E-state index in [0.29, 0.717) is 17.7 Å². The van der Waals surface area contributed by atoms with E-state index in [1.165, 1.54) is 0 Å². The van der Waals surface area contributed by atoms with E-state index in [1.807, 2.05) is 0 Å². The van der Waals surface area contributed by atoms with Crippen LogP contribution in [0.25, 0.3) is 0 Å². The maximum Gasteiger partial charge on any atom is 0.335 e. The first kappa shape index (κ1) is 22.7. The molecule has 0 N–H and O–H groups in total. The number of fused-ring (bicyclic) bond motifs is 1.